The fourth-order valence-corrected chi connectivity index (χ4v) is 1.95. The highest BCUT2D eigenvalue weighted by Crippen LogP contribution is 2.10. The molecule has 3 N–H and O–H groups in total. The van der Waals surface area contributed by atoms with Gasteiger partial charge in [0.1, 0.15) is 6.04 Å². The summed E-state index contributed by atoms with van der Waals surface area (Å²) in [4.78, 5) is 12.1. The van der Waals surface area contributed by atoms with E-state index in [0.717, 1.165) is 24.8 Å². The van der Waals surface area contributed by atoms with E-state index in [1.54, 1.807) is 7.11 Å². The van der Waals surface area contributed by atoms with Gasteiger partial charge in [-0.2, -0.15) is 0 Å². The topological polar surface area (TPSA) is 64.3 Å². The van der Waals surface area contributed by atoms with Crippen LogP contribution in [0.25, 0.3) is 0 Å². The van der Waals surface area contributed by atoms with Crippen LogP contribution >= 0.6 is 0 Å². The minimum Gasteiger partial charge on any atom is -0.383 e. The summed E-state index contributed by atoms with van der Waals surface area (Å²) in [7, 11) is 1.64. The highest BCUT2D eigenvalue weighted by atomic mass is 16.5. The van der Waals surface area contributed by atoms with E-state index in [9.17, 15) is 4.79 Å². The van der Waals surface area contributed by atoms with Crippen molar-refractivity contribution in [2.45, 2.75) is 38.3 Å². The third kappa shape index (κ3) is 5.41. The van der Waals surface area contributed by atoms with Gasteiger partial charge in [0.05, 0.1) is 12.6 Å². The smallest absolute Gasteiger partial charge is 0.241 e. The van der Waals surface area contributed by atoms with E-state index in [4.69, 9.17) is 10.5 Å². The molecular weight excluding hydrogens is 240 g/mol. The summed E-state index contributed by atoms with van der Waals surface area (Å²) in [5.41, 5.74) is 6.78. The van der Waals surface area contributed by atoms with E-state index in [-0.39, 0.29) is 11.9 Å². The van der Waals surface area contributed by atoms with Crippen LogP contribution in [0, 0.1) is 0 Å². The molecule has 19 heavy (non-hydrogen) atoms. The maximum Gasteiger partial charge on any atom is 0.241 e. The Morgan fingerprint density at radius 2 is 2.05 bits per heavy atom. The van der Waals surface area contributed by atoms with Crippen LogP contribution in [-0.2, 0) is 9.53 Å². The maximum absolute atomic E-state index is 12.1. The molecule has 0 aliphatic rings. The van der Waals surface area contributed by atoms with Crippen molar-refractivity contribution < 1.29 is 9.53 Å². The lowest BCUT2D eigenvalue weighted by Gasteiger charge is -2.20. The van der Waals surface area contributed by atoms with Crippen molar-refractivity contribution in [2.75, 3.05) is 13.7 Å². The molecule has 0 saturated heterocycles. The first-order valence-electron chi connectivity index (χ1n) is 6.78. The fourth-order valence-electron chi connectivity index (χ4n) is 1.95. The second-order valence-electron chi connectivity index (χ2n) is 4.69. The number of nitrogens with two attached hydrogens (primary N) is 1. The Bertz CT molecular complexity index is 368. The number of unbranched alkanes of at least 4 members (excludes halogenated alkanes) is 1. The standard InChI is InChI=1S/C15H24N2O2/c1-3-4-10-13(11-19-2)17-15(18)14(16)12-8-6-5-7-9-12/h5-9,13-14H,3-4,10-11,16H2,1-2H3,(H,17,18). The summed E-state index contributed by atoms with van der Waals surface area (Å²) in [6, 6.07) is 8.81. The zero-order valence-corrected chi connectivity index (χ0v) is 11.8. The lowest BCUT2D eigenvalue weighted by Crippen LogP contribution is -2.43. The first kappa shape index (κ1) is 15.7. The summed E-state index contributed by atoms with van der Waals surface area (Å²) in [6.45, 7) is 2.65. The molecule has 1 rings (SSSR count). The molecule has 1 amide bonds. The van der Waals surface area contributed by atoms with E-state index in [1.165, 1.54) is 0 Å². The van der Waals surface area contributed by atoms with Gasteiger partial charge in [-0.1, -0.05) is 50.1 Å². The Hall–Kier alpha value is -1.39. The number of benzene rings is 1. The Balaban J connectivity index is 2.55. The molecule has 106 valence electrons. The first-order valence-corrected chi connectivity index (χ1v) is 6.78. The van der Waals surface area contributed by atoms with Gasteiger partial charge in [-0.25, -0.2) is 0 Å². The Kier molecular flexibility index (Phi) is 7.15. The molecule has 1 aromatic carbocycles. The van der Waals surface area contributed by atoms with Crippen LogP contribution in [0.15, 0.2) is 30.3 Å². The van der Waals surface area contributed by atoms with Crippen molar-refractivity contribution in [3.63, 3.8) is 0 Å². The minimum absolute atomic E-state index is 0.0345. The molecule has 0 aliphatic heterocycles. The number of carbonyl (C=O) groups is 1. The zero-order valence-electron chi connectivity index (χ0n) is 11.8. The van der Waals surface area contributed by atoms with Crippen LogP contribution in [0.1, 0.15) is 37.8 Å². The molecule has 0 spiro atoms. The number of methoxy groups -OCH3 is 1. The first-order chi connectivity index (χ1) is 9.19. The molecule has 1 aromatic rings. The molecule has 4 heteroatoms. The van der Waals surface area contributed by atoms with Crippen molar-refractivity contribution in [1.82, 2.24) is 5.32 Å². The number of nitrogens with one attached hydrogen (secondary N) is 1. The van der Waals surface area contributed by atoms with E-state index in [0.29, 0.717) is 6.61 Å². The number of hydrogen-bond donors (Lipinski definition) is 2. The molecule has 2 atom stereocenters. The van der Waals surface area contributed by atoms with Crippen molar-refractivity contribution in [1.29, 1.82) is 0 Å². The predicted octanol–water partition coefficient (Wildman–Crippen LogP) is 2.01. The Morgan fingerprint density at radius 3 is 2.63 bits per heavy atom. The molecule has 2 unspecified atom stereocenters. The van der Waals surface area contributed by atoms with Gasteiger partial charge in [-0.15, -0.1) is 0 Å². The summed E-state index contributed by atoms with van der Waals surface area (Å²) >= 11 is 0. The van der Waals surface area contributed by atoms with E-state index < -0.39 is 6.04 Å². The van der Waals surface area contributed by atoms with Crippen LogP contribution in [0.5, 0.6) is 0 Å². The Labute approximate surface area is 115 Å². The fraction of sp³-hybridized carbons (Fsp3) is 0.533. The van der Waals surface area contributed by atoms with Crippen LogP contribution in [0.4, 0.5) is 0 Å². The molecule has 0 fully saturated rings. The van der Waals surface area contributed by atoms with E-state index >= 15 is 0 Å². The number of carbonyl (C=O) groups excluding carboxylic acids is 1. The van der Waals surface area contributed by atoms with Gasteiger partial charge in [-0.3, -0.25) is 4.79 Å². The molecule has 4 nitrogen and oxygen atoms in total. The lowest BCUT2D eigenvalue weighted by atomic mass is 10.1. The van der Waals surface area contributed by atoms with Crippen molar-refractivity contribution in [2.24, 2.45) is 5.73 Å². The van der Waals surface area contributed by atoms with Gasteiger partial charge >= 0.3 is 0 Å². The molecule has 0 radical (unpaired) electrons. The van der Waals surface area contributed by atoms with Gasteiger partial charge in [0.2, 0.25) is 5.91 Å². The third-order valence-corrected chi connectivity index (χ3v) is 3.06. The SMILES string of the molecule is CCCCC(COC)NC(=O)C(N)c1ccccc1. The van der Waals surface area contributed by atoms with Gasteiger partial charge in [-0.05, 0) is 12.0 Å². The van der Waals surface area contributed by atoms with Crippen LogP contribution < -0.4 is 11.1 Å². The quantitative estimate of drug-likeness (QED) is 0.755. The second kappa shape index (κ2) is 8.67. The van der Waals surface area contributed by atoms with Crippen molar-refractivity contribution in [3.8, 4) is 0 Å². The molecule has 0 saturated carbocycles. The normalized spacial score (nSPS) is 13.8. The number of hydrogen-bond acceptors (Lipinski definition) is 3. The molecule has 0 aliphatic carbocycles. The summed E-state index contributed by atoms with van der Waals surface area (Å²) < 4.78 is 5.13. The minimum atomic E-state index is -0.623. The van der Waals surface area contributed by atoms with E-state index in [2.05, 4.69) is 12.2 Å². The van der Waals surface area contributed by atoms with Crippen LogP contribution in [0.3, 0.4) is 0 Å². The van der Waals surface area contributed by atoms with Crippen molar-refractivity contribution >= 4 is 5.91 Å². The lowest BCUT2D eigenvalue weighted by molar-refractivity contribution is -0.123. The third-order valence-electron chi connectivity index (χ3n) is 3.06. The van der Waals surface area contributed by atoms with Gasteiger partial charge in [0.15, 0.2) is 0 Å². The van der Waals surface area contributed by atoms with Crippen molar-refractivity contribution in [3.05, 3.63) is 35.9 Å². The average molecular weight is 264 g/mol. The van der Waals surface area contributed by atoms with Gasteiger partial charge in [0, 0.05) is 7.11 Å². The number of amides is 1. The molecule has 0 aromatic heterocycles. The molecule has 0 bridgehead atoms. The van der Waals surface area contributed by atoms with Crippen LogP contribution in [0.2, 0.25) is 0 Å². The van der Waals surface area contributed by atoms with Gasteiger partial charge in [0.25, 0.3) is 0 Å². The average Bonchev–Trinajstić information content (AvgIpc) is 2.45. The molecule has 0 heterocycles. The predicted molar refractivity (Wildman–Crippen MR) is 76.7 cm³/mol. The summed E-state index contributed by atoms with van der Waals surface area (Å²) in [6.07, 6.45) is 3.08. The maximum atomic E-state index is 12.1. The zero-order chi connectivity index (χ0) is 14.1. The Morgan fingerprint density at radius 1 is 1.37 bits per heavy atom. The largest absolute Gasteiger partial charge is 0.383 e. The second-order valence-corrected chi connectivity index (χ2v) is 4.69. The van der Waals surface area contributed by atoms with Gasteiger partial charge < -0.3 is 15.8 Å². The number of ether oxygens (including phenoxy) is 1. The van der Waals surface area contributed by atoms with E-state index in [1.807, 2.05) is 30.3 Å². The summed E-state index contributed by atoms with van der Waals surface area (Å²) in [5, 5.41) is 2.96. The highest BCUT2D eigenvalue weighted by Gasteiger charge is 2.19. The number of rotatable bonds is 8. The monoisotopic (exact) mass is 264 g/mol. The summed E-state index contributed by atoms with van der Waals surface area (Å²) in [5.74, 6) is -0.149. The molecular formula is C15H24N2O2. The highest BCUT2D eigenvalue weighted by molar-refractivity contribution is 5.83. The van der Waals surface area contributed by atoms with Crippen LogP contribution in [-0.4, -0.2) is 25.7 Å².